The van der Waals surface area contributed by atoms with Crippen LogP contribution in [0.4, 0.5) is 14.7 Å². The molecule has 1 atom stereocenters. The number of hydrogen-bond donors (Lipinski definition) is 2. The fourth-order valence-electron chi connectivity index (χ4n) is 1.22. The molecule has 2 N–H and O–H groups in total. The van der Waals surface area contributed by atoms with E-state index in [4.69, 9.17) is 5.11 Å². The zero-order chi connectivity index (χ0) is 12.4. The molecule has 0 fully saturated rings. The second-order valence-electron chi connectivity index (χ2n) is 3.37. The maximum Gasteiger partial charge on any atom is 0.265 e. The van der Waals surface area contributed by atoms with Gasteiger partial charge in [-0.3, -0.25) is 0 Å². The van der Waals surface area contributed by atoms with Crippen LogP contribution < -0.4 is 5.32 Å². The van der Waals surface area contributed by atoms with E-state index >= 15 is 0 Å². The number of pyridine rings is 1. The summed E-state index contributed by atoms with van der Waals surface area (Å²) < 4.78 is 26.4. The van der Waals surface area contributed by atoms with Crippen LogP contribution >= 0.6 is 15.9 Å². The average Bonchev–Trinajstić information content (AvgIpc) is 2.67. The molecule has 0 radical (unpaired) electrons. The van der Waals surface area contributed by atoms with Crippen LogP contribution in [0, 0.1) is 0 Å². The molecule has 2 aromatic rings. The molecule has 0 aliphatic carbocycles. The number of aliphatic hydroxyl groups is 1. The Bertz CT molecular complexity index is 519. The van der Waals surface area contributed by atoms with Gasteiger partial charge in [-0.2, -0.15) is 4.98 Å². The predicted octanol–water partition coefficient (Wildman–Crippen LogP) is 1.53. The number of alkyl halides is 2. The number of halogens is 3. The highest BCUT2D eigenvalue weighted by atomic mass is 79.9. The number of aliphatic hydroxyl groups excluding tert-OH is 1. The molecule has 1 unspecified atom stereocenters. The lowest BCUT2D eigenvalue weighted by Crippen LogP contribution is -2.27. The summed E-state index contributed by atoms with van der Waals surface area (Å²) in [5, 5.41) is 15.5. The Morgan fingerprint density at radius 3 is 2.94 bits per heavy atom. The van der Waals surface area contributed by atoms with E-state index in [0.29, 0.717) is 5.65 Å². The highest BCUT2D eigenvalue weighted by molar-refractivity contribution is 9.10. The van der Waals surface area contributed by atoms with Crippen LogP contribution in [0.25, 0.3) is 5.65 Å². The van der Waals surface area contributed by atoms with Crippen molar-refractivity contribution >= 4 is 27.5 Å². The molecule has 8 heteroatoms. The van der Waals surface area contributed by atoms with E-state index in [1.54, 1.807) is 18.3 Å². The Hall–Kier alpha value is -1.28. The number of anilines is 1. The first kappa shape index (κ1) is 12.2. The molecule has 0 spiro atoms. The zero-order valence-electron chi connectivity index (χ0n) is 8.52. The van der Waals surface area contributed by atoms with Gasteiger partial charge in [-0.05, 0) is 28.1 Å². The van der Waals surface area contributed by atoms with E-state index in [1.165, 1.54) is 4.52 Å². The first-order valence-electron chi connectivity index (χ1n) is 4.78. The van der Waals surface area contributed by atoms with Crippen molar-refractivity contribution in [3.63, 3.8) is 0 Å². The number of nitrogens with one attached hydrogen (secondary N) is 1. The van der Waals surface area contributed by atoms with E-state index in [0.717, 1.165) is 4.47 Å². The number of fused-ring (bicyclic) bond motifs is 1. The van der Waals surface area contributed by atoms with E-state index < -0.39 is 12.5 Å². The van der Waals surface area contributed by atoms with Crippen molar-refractivity contribution in [1.82, 2.24) is 14.6 Å². The Morgan fingerprint density at radius 2 is 2.24 bits per heavy atom. The summed E-state index contributed by atoms with van der Waals surface area (Å²) in [7, 11) is 0. The molecule has 2 aromatic heterocycles. The maximum atomic E-state index is 12.0. The number of aromatic nitrogens is 3. The van der Waals surface area contributed by atoms with E-state index in [2.05, 4.69) is 31.3 Å². The maximum absolute atomic E-state index is 12.0. The van der Waals surface area contributed by atoms with Crippen molar-refractivity contribution in [3.8, 4) is 0 Å². The Balaban J connectivity index is 2.09. The largest absolute Gasteiger partial charge is 0.385 e. The van der Waals surface area contributed by atoms with Gasteiger partial charge in [0.05, 0.1) is 0 Å². The highest BCUT2D eigenvalue weighted by Crippen LogP contribution is 2.12. The van der Waals surface area contributed by atoms with Crippen molar-refractivity contribution in [1.29, 1.82) is 0 Å². The molecule has 5 nitrogen and oxygen atoms in total. The summed E-state index contributed by atoms with van der Waals surface area (Å²) in [5.41, 5.74) is 0.585. The molecule has 2 rings (SSSR count). The monoisotopic (exact) mass is 306 g/mol. The van der Waals surface area contributed by atoms with Crippen molar-refractivity contribution in [3.05, 3.63) is 22.8 Å². The van der Waals surface area contributed by atoms with Crippen molar-refractivity contribution in [2.75, 3.05) is 11.9 Å². The van der Waals surface area contributed by atoms with E-state index in [9.17, 15) is 8.78 Å². The van der Waals surface area contributed by atoms with Crippen LogP contribution in [0.5, 0.6) is 0 Å². The minimum Gasteiger partial charge on any atom is -0.385 e. The van der Waals surface area contributed by atoms with Crippen LogP contribution in [0.1, 0.15) is 0 Å². The Kier molecular flexibility index (Phi) is 3.53. The smallest absolute Gasteiger partial charge is 0.265 e. The van der Waals surface area contributed by atoms with Crippen molar-refractivity contribution in [2.45, 2.75) is 12.5 Å². The van der Waals surface area contributed by atoms with Gasteiger partial charge in [-0.25, -0.2) is 13.3 Å². The second-order valence-corrected chi connectivity index (χ2v) is 4.28. The molecule has 0 saturated heterocycles. The first-order valence-corrected chi connectivity index (χ1v) is 5.57. The van der Waals surface area contributed by atoms with Crippen molar-refractivity contribution < 1.29 is 13.9 Å². The molecule has 0 aliphatic heterocycles. The fraction of sp³-hybridized carbons (Fsp3) is 0.333. The summed E-state index contributed by atoms with van der Waals surface area (Å²) in [6.07, 6.45) is -2.82. The van der Waals surface area contributed by atoms with Crippen molar-refractivity contribution in [2.24, 2.45) is 0 Å². The summed E-state index contributed by atoms with van der Waals surface area (Å²) >= 11 is 3.27. The number of nitrogens with zero attached hydrogens (tertiary/aromatic N) is 3. The minimum absolute atomic E-state index is 0.197. The van der Waals surface area contributed by atoms with Gasteiger partial charge in [0.2, 0.25) is 5.95 Å². The zero-order valence-corrected chi connectivity index (χ0v) is 10.1. The minimum atomic E-state index is -2.78. The molecule has 2 heterocycles. The summed E-state index contributed by atoms with van der Waals surface area (Å²) in [6.45, 7) is -0.296. The van der Waals surface area contributed by atoms with Gasteiger partial charge in [-0.1, -0.05) is 0 Å². The molecule has 92 valence electrons. The molecule has 0 aromatic carbocycles. The van der Waals surface area contributed by atoms with Crippen LogP contribution in [0.3, 0.4) is 0 Å². The van der Waals surface area contributed by atoms with Gasteiger partial charge < -0.3 is 10.4 Å². The van der Waals surface area contributed by atoms with Gasteiger partial charge in [-0.15, -0.1) is 5.10 Å². The molecule has 17 heavy (non-hydrogen) atoms. The summed E-state index contributed by atoms with van der Waals surface area (Å²) in [6, 6.07) is 3.52. The quantitative estimate of drug-likeness (QED) is 0.899. The SMILES string of the molecule is OC(CNc1nc2ccc(Br)cn2n1)C(F)F. The van der Waals surface area contributed by atoms with Crippen LogP contribution in [-0.2, 0) is 0 Å². The van der Waals surface area contributed by atoms with Gasteiger partial charge in [0, 0.05) is 17.2 Å². The first-order chi connectivity index (χ1) is 8.06. The fourth-order valence-corrected chi connectivity index (χ4v) is 1.54. The standard InChI is InChI=1S/C9H9BrF2N4O/c10-5-1-2-7-14-9(15-16(7)4-5)13-3-6(17)8(11)12/h1-2,4,6,8,17H,3H2,(H,13,15). The molecule has 0 saturated carbocycles. The number of rotatable bonds is 4. The van der Waals surface area contributed by atoms with E-state index in [-0.39, 0.29) is 12.5 Å². The second kappa shape index (κ2) is 4.92. The van der Waals surface area contributed by atoms with Crippen LogP contribution in [0.2, 0.25) is 0 Å². The van der Waals surface area contributed by atoms with Crippen LogP contribution in [0.15, 0.2) is 22.8 Å². The van der Waals surface area contributed by atoms with Gasteiger partial charge >= 0.3 is 0 Å². The predicted molar refractivity (Wildman–Crippen MR) is 61.2 cm³/mol. The van der Waals surface area contributed by atoms with Crippen LogP contribution in [-0.4, -0.2) is 38.8 Å². The summed E-state index contributed by atoms with van der Waals surface area (Å²) in [5.74, 6) is 0.197. The Labute approximate surface area is 104 Å². The third-order valence-electron chi connectivity index (χ3n) is 2.06. The Morgan fingerprint density at radius 1 is 1.47 bits per heavy atom. The van der Waals surface area contributed by atoms with Gasteiger partial charge in [0.1, 0.15) is 6.10 Å². The molecular formula is C9H9BrF2N4O. The summed E-state index contributed by atoms with van der Waals surface area (Å²) in [4.78, 5) is 4.05. The topological polar surface area (TPSA) is 62.5 Å². The van der Waals surface area contributed by atoms with E-state index in [1.807, 2.05) is 0 Å². The lowest BCUT2D eigenvalue weighted by molar-refractivity contribution is 0.00377. The lowest BCUT2D eigenvalue weighted by atomic mass is 10.4. The number of hydrogen-bond acceptors (Lipinski definition) is 4. The highest BCUT2D eigenvalue weighted by Gasteiger charge is 2.16. The van der Waals surface area contributed by atoms with Gasteiger partial charge in [0.15, 0.2) is 5.65 Å². The molecular weight excluding hydrogens is 298 g/mol. The molecule has 0 amide bonds. The average molecular weight is 307 g/mol. The normalized spacial score (nSPS) is 13.2. The lowest BCUT2D eigenvalue weighted by Gasteiger charge is -2.08. The molecule has 0 aliphatic rings. The third-order valence-corrected chi connectivity index (χ3v) is 2.52. The molecule has 0 bridgehead atoms. The third kappa shape index (κ3) is 2.89. The van der Waals surface area contributed by atoms with Gasteiger partial charge in [0.25, 0.3) is 6.43 Å².